The van der Waals surface area contributed by atoms with Crippen molar-refractivity contribution in [3.63, 3.8) is 0 Å². The highest BCUT2D eigenvalue weighted by atomic mass is 16.5. The minimum absolute atomic E-state index is 0.165. The van der Waals surface area contributed by atoms with Gasteiger partial charge >= 0.3 is 0 Å². The standard InChI is InChI=1S/C19H19N3O3/c1-12-7-8-13(2)16(9-12)19(23)20-11-17-21-18(22-25-17)14-5-4-6-15(10-14)24-3/h4-10H,11H2,1-3H3,(H,20,23). The van der Waals surface area contributed by atoms with Crippen molar-refractivity contribution < 1.29 is 14.1 Å². The van der Waals surface area contributed by atoms with Crippen LogP contribution in [0.4, 0.5) is 0 Å². The summed E-state index contributed by atoms with van der Waals surface area (Å²) >= 11 is 0. The molecule has 0 unspecified atom stereocenters. The average molecular weight is 337 g/mol. The number of hydrogen-bond acceptors (Lipinski definition) is 5. The van der Waals surface area contributed by atoms with Gasteiger partial charge < -0.3 is 14.6 Å². The van der Waals surface area contributed by atoms with Crippen LogP contribution < -0.4 is 10.1 Å². The Morgan fingerprint density at radius 1 is 1.20 bits per heavy atom. The van der Waals surface area contributed by atoms with Gasteiger partial charge in [-0.25, -0.2) is 0 Å². The minimum atomic E-state index is -0.165. The van der Waals surface area contributed by atoms with Gasteiger partial charge in [-0.2, -0.15) is 4.98 Å². The summed E-state index contributed by atoms with van der Waals surface area (Å²) in [6.07, 6.45) is 0. The normalized spacial score (nSPS) is 10.5. The molecular weight excluding hydrogens is 318 g/mol. The van der Waals surface area contributed by atoms with E-state index >= 15 is 0 Å². The second-order valence-corrected chi connectivity index (χ2v) is 5.74. The van der Waals surface area contributed by atoms with E-state index in [9.17, 15) is 4.79 Å². The number of ether oxygens (including phenoxy) is 1. The lowest BCUT2D eigenvalue weighted by molar-refractivity contribution is 0.0945. The van der Waals surface area contributed by atoms with Gasteiger partial charge in [0.2, 0.25) is 11.7 Å². The van der Waals surface area contributed by atoms with E-state index in [1.807, 2.05) is 56.3 Å². The molecule has 3 rings (SSSR count). The van der Waals surface area contributed by atoms with E-state index in [4.69, 9.17) is 9.26 Å². The molecule has 0 saturated carbocycles. The van der Waals surface area contributed by atoms with E-state index in [0.717, 1.165) is 16.7 Å². The van der Waals surface area contributed by atoms with Crippen LogP contribution in [0.15, 0.2) is 47.0 Å². The van der Waals surface area contributed by atoms with E-state index in [1.54, 1.807) is 7.11 Å². The first-order valence-electron chi connectivity index (χ1n) is 7.89. The number of aryl methyl sites for hydroxylation is 2. The van der Waals surface area contributed by atoms with Crippen LogP contribution >= 0.6 is 0 Å². The molecule has 0 spiro atoms. The number of benzene rings is 2. The largest absolute Gasteiger partial charge is 0.497 e. The second kappa shape index (κ2) is 7.17. The Morgan fingerprint density at radius 3 is 2.84 bits per heavy atom. The molecule has 0 aliphatic rings. The van der Waals surface area contributed by atoms with Crippen LogP contribution in [0.5, 0.6) is 5.75 Å². The molecule has 0 radical (unpaired) electrons. The molecule has 1 N–H and O–H groups in total. The van der Waals surface area contributed by atoms with Crippen molar-refractivity contribution in [3.8, 4) is 17.1 Å². The predicted octanol–water partition coefficient (Wildman–Crippen LogP) is 3.29. The molecule has 1 heterocycles. The van der Waals surface area contributed by atoms with Crippen molar-refractivity contribution in [2.24, 2.45) is 0 Å². The third-order valence-corrected chi connectivity index (χ3v) is 3.83. The predicted molar refractivity (Wildman–Crippen MR) is 93.4 cm³/mol. The lowest BCUT2D eigenvalue weighted by Crippen LogP contribution is -2.23. The molecule has 1 aromatic heterocycles. The Balaban J connectivity index is 1.69. The zero-order valence-electron chi connectivity index (χ0n) is 14.4. The van der Waals surface area contributed by atoms with Crippen LogP contribution in [-0.2, 0) is 6.54 Å². The molecule has 0 atom stereocenters. The van der Waals surface area contributed by atoms with Crippen LogP contribution in [-0.4, -0.2) is 23.2 Å². The van der Waals surface area contributed by atoms with Crippen LogP contribution in [0.25, 0.3) is 11.4 Å². The zero-order chi connectivity index (χ0) is 17.8. The SMILES string of the molecule is COc1cccc(-c2noc(CNC(=O)c3cc(C)ccc3C)n2)c1. The van der Waals surface area contributed by atoms with Crippen LogP contribution in [0.1, 0.15) is 27.4 Å². The summed E-state index contributed by atoms with van der Waals surface area (Å²) in [7, 11) is 1.60. The van der Waals surface area contributed by atoms with Crippen molar-refractivity contribution in [2.45, 2.75) is 20.4 Å². The van der Waals surface area contributed by atoms with Crippen molar-refractivity contribution in [3.05, 3.63) is 65.0 Å². The van der Waals surface area contributed by atoms with E-state index in [2.05, 4.69) is 15.5 Å². The lowest BCUT2D eigenvalue weighted by Gasteiger charge is -2.06. The number of aromatic nitrogens is 2. The zero-order valence-corrected chi connectivity index (χ0v) is 14.4. The average Bonchev–Trinajstić information content (AvgIpc) is 3.11. The van der Waals surface area contributed by atoms with Crippen LogP contribution in [0, 0.1) is 13.8 Å². The van der Waals surface area contributed by atoms with Gasteiger partial charge in [-0.15, -0.1) is 0 Å². The van der Waals surface area contributed by atoms with Crippen molar-refractivity contribution in [1.29, 1.82) is 0 Å². The number of amides is 1. The maximum absolute atomic E-state index is 12.3. The highest BCUT2D eigenvalue weighted by Gasteiger charge is 2.13. The number of nitrogens with one attached hydrogen (secondary N) is 1. The van der Waals surface area contributed by atoms with Crippen molar-refractivity contribution in [1.82, 2.24) is 15.5 Å². The van der Waals surface area contributed by atoms with Gasteiger partial charge in [-0.1, -0.05) is 35.0 Å². The van der Waals surface area contributed by atoms with Gasteiger partial charge in [-0.3, -0.25) is 4.79 Å². The summed E-state index contributed by atoms with van der Waals surface area (Å²) in [5.74, 6) is 1.35. The summed E-state index contributed by atoms with van der Waals surface area (Å²) in [6.45, 7) is 4.03. The molecule has 3 aromatic rings. The smallest absolute Gasteiger partial charge is 0.251 e. The number of methoxy groups -OCH3 is 1. The number of nitrogens with zero attached hydrogens (tertiary/aromatic N) is 2. The molecular formula is C19H19N3O3. The fraction of sp³-hybridized carbons (Fsp3) is 0.211. The minimum Gasteiger partial charge on any atom is -0.497 e. The van der Waals surface area contributed by atoms with Gasteiger partial charge in [0, 0.05) is 11.1 Å². The monoisotopic (exact) mass is 337 g/mol. The third-order valence-electron chi connectivity index (χ3n) is 3.83. The molecule has 0 aliphatic heterocycles. The summed E-state index contributed by atoms with van der Waals surface area (Å²) in [5, 5.41) is 6.76. The Labute approximate surface area is 145 Å². The number of carbonyl (C=O) groups excluding carboxylic acids is 1. The summed E-state index contributed by atoms with van der Waals surface area (Å²) < 4.78 is 10.4. The Bertz CT molecular complexity index is 902. The highest BCUT2D eigenvalue weighted by molar-refractivity contribution is 5.95. The highest BCUT2D eigenvalue weighted by Crippen LogP contribution is 2.21. The lowest BCUT2D eigenvalue weighted by atomic mass is 10.1. The second-order valence-electron chi connectivity index (χ2n) is 5.74. The molecule has 128 valence electrons. The first kappa shape index (κ1) is 16.7. The van der Waals surface area contributed by atoms with Gasteiger partial charge in [0.1, 0.15) is 5.75 Å². The maximum atomic E-state index is 12.3. The summed E-state index contributed by atoms with van der Waals surface area (Å²) in [6, 6.07) is 13.2. The number of rotatable bonds is 5. The fourth-order valence-electron chi connectivity index (χ4n) is 2.44. The van der Waals surface area contributed by atoms with Gasteiger partial charge in [0.25, 0.3) is 5.91 Å². The summed E-state index contributed by atoms with van der Waals surface area (Å²) in [5.41, 5.74) is 3.39. The molecule has 0 saturated heterocycles. The Morgan fingerprint density at radius 2 is 2.04 bits per heavy atom. The van der Waals surface area contributed by atoms with E-state index in [0.29, 0.717) is 23.0 Å². The van der Waals surface area contributed by atoms with Crippen molar-refractivity contribution in [2.75, 3.05) is 7.11 Å². The van der Waals surface area contributed by atoms with Crippen LogP contribution in [0.3, 0.4) is 0 Å². The topological polar surface area (TPSA) is 77.3 Å². The molecule has 25 heavy (non-hydrogen) atoms. The molecule has 0 aliphatic carbocycles. The molecule has 6 heteroatoms. The first-order chi connectivity index (χ1) is 12.1. The number of carbonyl (C=O) groups is 1. The van der Waals surface area contributed by atoms with E-state index in [1.165, 1.54) is 0 Å². The van der Waals surface area contributed by atoms with Gasteiger partial charge in [-0.05, 0) is 37.6 Å². The molecule has 2 aromatic carbocycles. The number of hydrogen-bond donors (Lipinski definition) is 1. The Kier molecular flexibility index (Phi) is 4.79. The van der Waals surface area contributed by atoms with Gasteiger partial charge in [0.05, 0.1) is 13.7 Å². The molecule has 0 bridgehead atoms. The third kappa shape index (κ3) is 3.85. The first-order valence-corrected chi connectivity index (χ1v) is 7.89. The summed E-state index contributed by atoms with van der Waals surface area (Å²) in [4.78, 5) is 16.6. The van der Waals surface area contributed by atoms with E-state index < -0.39 is 0 Å². The van der Waals surface area contributed by atoms with Crippen LogP contribution in [0.2, 0.25) is 0 Å². The quantitative estimate of drug-likeness (QED) is 0.773. The molecule has 1 amide bonds. The molecule has 6 nitrogen and oxygen atoms in total. The van der Waals surface area contributed by atoms with Gasteiger partial charge in [0.15, 0.2) is 0 Å². The molecule has 0 fully saturated rings. The maximum Gasteiger partial charge on any atom is 0.251 e. The van der Waals surface area contributed by atoms with Crippen molar-refractivity contribution >= 4 is 5.91 Å². The Hall–Kier alpha value is -3.15. The fourth-order valence-corrected chi connectivity index (χ4v) is 2.44. The van der Waals surface area contributed by atoms with E-state index in [-0.39, 0.29) is 12.5 Å².